The van der Waals surface area contributed by atoms with Crippen molar-refractivity contribution >= 4 is 119 Å². The van der Waals surface area contributed by atoms with Gasteiger partial charge in [0.2, 0.25) is 0 Å². The van der Waals surface area contributed by atoms with E-state index in [2.05, 4.69) is 396 Å². The van der Waals surface area contributed by atoms with Gasteiger partial charge in [0, 0.05) is 87.8 Å². The van der Waals surface area contributed by atoms with Crippen LogP contribution in [0.5, 0.6) is 0 Å². The van der Waals surface area contributed by atoms with Gasteiger partial charge >= 0.3 is 0 Å². The van der Waals surface area contributed by atoms with Crippen LogP contribution < -0.4 is 0 Å². The Morgan fingerprint density at radius 2 is 0.416 bits per heavy atom. The van der Waals surface area contributed by atoms with Crippen molar-refractivity contribution in [2.24, 2.45) is 0 Å². The molecule has 0 aliphatic rings. The fraction of sp³-hybridized carbons (Fsp3) is 0. The fourth-order valence-electron chi connectivity index (χ4n) is 21.0. The largest absolute Gasteiger partial charge is 0.309 e. The first-order valence-electron chi connectivity index (χ1n) is 52.3. The molecule has 12 heteroatoms. The Bertz CT molecular complexity index is 10500. The maximum absolute atomic E-state index is 8.63. The summed E-state index contributed by atoms with van der Waals surface area (Å²) >= 11 is 0. The van der Waals surface area contributed by atoms with E-state index in [9.17, 15) is 0 Å². The summed E-state index contributed by atoms with van der Waals surface area (Å²) in [6.45, 7) is 0. The second-order valence-corrected chi connectivity index (χ2v) is 37.1. The highest BCUT2D eigenvalue weighted by atomic mass is 15.1. The molecule has 29 rings (SSSR count). The van der Waals surface area contributed by atoms with Crippen molar-refractivity contribution < 1.29 is 6.85 Å². The third kappa shape index (κ3) is 16.5. The Kier molecular flexibility index (Phi) is 21.0. The topological polar surface area (TPSA) is 131 Å². The van der Waals surface area contributed by atoms with Crippen molar-refractivity contribution in [1.29, 1.82) is 0 Å². The normalized spacial score (nSPS) is 12.0. The van der Waals surface area contributed by atoms with Gasteiger partial charge < -0.3 is 13.7 Å². The minimum absolute atomic E-state index is 0.180. The predicted octanol–water partition coefficient (Wildman–Crippen LogP) is 34.7. The summed E-state index contributed by atoms with van der Waals surface area (Å²) in [5.74, 6) is 5.51. The molecule has 0 atom stereocenters. The average molecular weight is 1910 g/mol. The van der Waals surface area contributed by atoms with Gasteiger partial charge in [-0.3, -0.25) is 0 Å². The van der Waals surface area contributed by atoms with Crippen LogP contribution in [0, 0.1) is 0 Å². The molecule has 6 aromatic heterocycles. The molecular formula is C137H88N12. The van der Waals surface area contributed by atoms with Crippen molar-refractivity contribution in [3.8, 4) is 153 Å². The van der Waals surface area contributed by atoms with Crippen LogP contribution in [0.25, 0.3) is 272 Å². The molecule has 0 unspecified atom stereocenters. The number of rotatable bonds is 15. The van der Waals surface area contributed by atoms with Crippen molar-refractivity contribution in [3.63, 3.8) is 0 Å². The van der Waals surface area contributed by atoms with Gasteiger partial charge in [0.1, 0.15) is 0 Å². The summed E-state index contributed by atoms with van der Waals surface area (Å²) in [5.41, 5.74) is 22.9. The molecule has 0 amide bonds. The summed E-state index contributed by atoms with van der Waals surface area (Å²) in [5, 5.41) is 17.9. The van der Waals surface area contributed by atoms with E-state index in [1.165, 1.54) is 26.9 Å². The molecule has 0 N–H and O–H groups in total. The minimum Gasteiger partial charge on any atom is -0.309 e. The van der Waals surface area contributed by atoms with Crippen LogP contribution in [-0.2, 0) is 0 Å². The van der Waals surface area contributed by atoms with Gasteiger partial charge in [0.25, 0.3) is 0 Å². The smallest absolute Gasteiger partial charge is 0.166 e. The fourth-order valence-corrected chi connectivity index (χ4v) is 21.0. The van der Waals surface area contributed by atoms with Crippen LogP contribution in [-0.4, -0.2) is 58.6 Å². The molecule has 149 heavy (non-hydrogen) atoms. The number of hydrogen-bond acceptors (Lipinski definition) is 9. The molecule has 0 bridgehead atoms. The summed E-state index contributed by atoms with van der Waals surface area (Å²) in [4.78, 5) is 46.4. The lowest BCUT2D eigenvalue weighted by molar-refractivity contribution is 1.07. The first-order chi connectivity index (χ1) is 75.9. The zero-order chi connectivity index (χ0) is 103. The van der Waals surface area contributed by atoms with Crippen LogP contribution in [0.3, 0.4) is 0 Å². The monoisotopic (exact) mass is 1910 g/mol. The molecule has 696 valence electrons. The van der Waals surface area contributed by atoms with E-state index in [4.69, 9.17) is 51.7 Å². The highest BCUT2D eigenvalue weighted by molar-refractivity contribution is 6.14. The van der Waals surface area contributed by atoms with Gasteiger partial charge in [-0.2, -0.15) is 0 Å². The van der Waals surface area contributed by atoms with E-state index < -0.39 is 6.04 Å². The van der Waals surface area contributed by atoms with Gasteiger partial charge in [0.05, 0.1) is 57.0 Å². The van der Waals surface area contributed by atoms with Crippen molar-refractivity contribution in [2.75, 3.05) is 0 Å². The van der Waals surface area contributed by atoms with Gasteiger partial charge in [0.15, 0.2) is 52.4 Å². The van der Waals surface area contributed by atoms with Crippen LogP contribution in [0.15, 0.2) is 534 Å². The highest BCUT2D eigenvalue weighted by Crippen LogP contribution is 2.46. The molecule has 0 aliphatic carbocycles. The minimum atomic E-state index is -0.407. The molecule has 0 saturated heterocycles. The van der Waals surface area contributed by atoms with Gasteiger partial charge in [-0.15, -0.1) is 0 Å². The molecule has 0 fully saturated rings. The molecule has 12 nitrogen and oxygen atoms in total. The number of hydrogen-bond donors (Lipinski definition) is 0. The molecule has 0 aliphatic heterocycles. The maximum Gasteiger partial charge on any atom is 0.166 e. The molecule has 0 saturated carbocycles. The lowest BCUT2D eigenvalue weighted by atomic mass is 9.94. The highest BCUT2D eigenvalue weighted by Gasteiger charge is 2.27. The van der Waals surface area contributed by atoms with Crippen LogP contribution in [0.4, 0.5) is 0 Å². The second kappa shape index (κ2) is 37.9. The van der Waals surface area contributed by atoms with Crippen LogP contribution in [0.2, 0.25) is 0 Å². The number of fused-ring (bicyclic) bond motifs is 14. The van der Waals surface area contributed by atoms with Crippen molar-refractivity contribution in [3.05, 3.63) is 534 Å². The SMILES string of the molecule is [2H]c1c([2H])c([2H])c(-c2ccc3c(c2)c2ccccc2n3-c2cccc3ccc(-c4nc(-c5ccccc5)nc(-c5ccc6ccccc6c5)n4)cc23)c([2H])c1[2H].c1ccc(-c2ccc(-c3nc(-c4ccccc4)nc(-c4cc5ccccc5cc4-n4c5ccccc5c5ccccc54)n3)c(-c3ccccc3)c2)cc1.c1ccc(-c2nc(-c3ccc4ccccc4c3)nc(-c3cc4ccccc4cc3-n3c4ccccc4c4ccccc43)n2)cc1. The van der Waals surface area contributed by atoms with E-state index in [-0.39, 0.29) is 29.7 Å². The zero-order valence-electron chi connectivity index (χ0n) is 85.3. The Morgan fingerprint density at radius 3 is 0.846 bits per heavy atom. The summed E-state index contributed by atoms with van der Waals surface area (Å²) in [6.07, 6.45) is 0. The van der Waals surface area contributed by atoms with E-state index in [1.54, 1.807) is 0 Å². The molecule has 23 aromatic carbocycles. The van der Waals surface area contributed by atoms with Gasteiger partial charge in [-0.1, -0.05) is 431 Å². The van der Waals surface area contributed by atoms with Crippen LogP contribution in [0.1, 0.15) is 6.85 Å². The lowest BCUT2D eigenvalue weighted by Gasteiger charge is -2.17. The molecule has 0 spiro atoms. The first-order valence-corrected chi connectivity index (χ1v) is 49.8. The first kappa shape index (κ1) is 82.4. The number of nitrogens with zero attached hydrogens (tertiary/aromatic N) is 12. The number of para-hydroxylation sites is 5. The Hall–Kier alpha value is -20.2. The number of aromatic nitrogens is 12. The second-order valence-electron chi connectivity index (χ2n) is 37.1. The molecular weight excluding hydrogens is 1810 g/mol. The Labute approximate surface area is 865 Å². The lowest BCUT2D eigenvalue weighted by Crippen LogP contribution is -2.04. The Morgan fingerprint density at radius 1 is 0.134 bits per heavy atom. The molecule has 6 heterocycles. The third-order valence-electron chi connectivity index (χ3n) is 28.1. The summed E-state index contributed by atoms with van der Waals surface area (Å²) in [6, 6.07) is 173. The molecule has 29 aromatic rings. The quantitative estimate of drug-likeness (QED) is 0.0984. The third-order valence-corrected chi connectivity index (χ3v) is 28.1. The average Bonchev–Trinajstić information content (AvgIpc) is 1.57. The molecule has 0 radical (unpaired) electrons. The summed E-state index contributed by atoms with van der Waals surface area (Å²) < 4.78 is 48.8. The Balaban J connectivity index is 0.000000113. The van der Waals surface area contributed by atoms with Gasteiger partial charge in [-0.05, 0) is 185 Å². The van der Waals surface area contributed by atoms with E-state index in [0.717, 1.165) is 182 Å². The van der Waals surface area contributed by atoms with E-state index in [1.807, 2.05) is 121 Å². The van der Waals surface area contributed by atoms with Crippen LogP contribution >= 0.6 is 0 Å². The summed E-state index contributed by atoms with van der Waals surface area (Å²) in [7, 11) is 0. The standard InChI is InChI=1S/C49H32N4.C47H30N4.C41H26N4/c1-4-16-33(17-5-1)38-28-29-41(42(30-38)34-18-6-2-7-19-34)48-50-47(35-20-8-3-9-21-35)51-49(52-48)43-31-36-22-10-11-23-37(36)32-46(43)53-44-26-14-12-24-39(44)40-25-13-15-27-45(40)53;1-3-12-31(13-4-1)36-26-27-44-41(29-36)39-19-9-10-20-42(39)51(44)43-21-11-18-33-23-25-38(30-40(33)43)47-49-45(34-15-5-2-6-16-34)48-46(50-47)37-24-22-32-14-7-8-17-35(32)28-37;1-2-13-28(14-3-1)39-42-40(32-23-22-27-12-4-5-15-29(27)24-32)44-41(43-39)35-25-30-16-6-7-17-31(30)26-38(35)45-36-20-10-8-18-33(36)34-19-9-11-21-37(34)45/h1-32H;1-30H;1-26H/i;1D,3D,4D,12D,13D;. The predicted molar refractivity (Wildman–Crippen MR) is 615 cm³/mol. The van der Waals surface area contributed by atoms with Crippen molar-refractivity contribution in [1.82, 2.24) is 58.6 Å². The van der Waals surface area contributed by atoms with E-state index >= 15 is 0 Å². The van der Waals surface area contributed by atoms with E-state index in [0.29, 0.717) is 58.0 Å². The maximum atomic E-state index is 8.63. The zero-order valence-corrected chi connectivity index (χ0v) is 80.3. The number of benzene rings is 23. The van der Waals surface area contributed by atoms with Crippen molar-refractivity contribution in [2.45, 2.75) is 0 Å². The van der Waals surface area contributed by atoms with Gasteiger partial charge in [-0.25, -0.2) is 44.9 Å².